The van der Waals surface area contributed by atoms with Crippen molar-refractivity contribution in [1.29, 1.82) is 0 Å². The lowest BCUT2D eigenvalue weighted by molar-refractivity contribution is -0.107. The number of aliphatic hydroxyl groups excluding tert-OH is 5. The van der Waals surface area contributed by atoms with Crippen molar-refractivity contribution in [2.75, 3.05) is 39.6 Å². The highest BCUT2D eigenvalue weighted by Gasteiger charge is 2.12. The maximum absolute atomic E-state index is 9.60. The SMILES string of the molecule is C1=COCCC1.O.O.O=CCCCCO.OC1CCCCC1.OCC1CCCO1.OCCCCCO.[H+].[HH]. The minimum Gasteiger partial charge on any atom is -0.502 e. The quantitative estimate of drug-likeness (QED) is 0.219. The van der Waals surface area contributed by atoms with E-state index in [-0.39, 0.29) is 52.4 Å². The van der Waals surface area contributed by atoms with Crippen LogP contribution in [0.4, 0.5) is 0 Å². The van der Waals surface area contributed by atoms with Crippen LogP contribution in [-0.4, -0.2) is 94.6 Å². The van der Waals surface area contributed by atoms with Crippen molar-refractivity contribution in [3.05, 3.63) is 12.3 Å². The Morgan fingerprint density at radius 3 is 1.69 bits per heavy atom. The van der Waals surface area contributed by atoms with E-state index in [0.717, 1.165) is 77.3 Å². The number of allylic oxidation sites excluding steroid dienone is 1. The number of aliphatic hydroxyl groups is 5. The molecule has 0 spiro atoms. The van der Waals surface area contributed by atoms with E-state index < -0.39 is 0 Å². The van der Waals surface area contributed by atoms with Crippen LogP contribution in [0.15, 0.2) is 12.3 Å². The minimum absolute atomic E-state index is 0. The molecule has 3 rings (SSSR count). The van der Waals surface area contributed by atoms with Crippen molar-refractivity contribution in [2.45, 2.75) is 109 Å². The maximum atomic E-state index is 9.60. The first-order valence-electron chi connectivity index (χ1n) is 13.1. The van der Waals surface area contributed by atoms with Crippen molar-refractivity contribution in [1.82, 2.24) is 0 Å². The summed E-state index contributed by atoms with van der Waals surface area (Å²) in [4.78, 5) is 9.60. The summed E-state index contributed by atoms with van der Waals surface area (Å²) >= 11 is 0. The van der Waals surface area contributed by atoms with Gasteiger partial charge in [-0.05, 0) is 76.7 Å². The summed E-state index contributed by atoms with van der Waals surface area (Å²) < 4.78 is 9.94. The van der Waals surface area contributed by atoms with Gasteiger partial charge in [-0.25, -0.2) is 0 Å². The molecule has 0 bridgehead atoms. The molecule has 0 aromatic carbocycles. The summed E-state index contributed by atoms with van der Waals surface area (Å²) in [6, 6.07) is 0. The monoisotopic (exact) mass is 531 g/mol. The number of unbranched alkanes of at least 4 members (excludes halogenated alkanes) is 4. The molecule has 2 aliphatic heterocycles. The van der Waals surface area contributed by atoms with Crippen LogP contribution in [0.1, 0.15) is 99.2 Å². The molecule has 2 fully saturated rings. The Morgan fingerprint density at radius 2 is 1.42 bits per heavy atom. The zero-order valence-corrected chi connectivity index (χ0v) is 22.2. The minimum atomic E-state index is 0. The summed E-state index contributed by atoms with van der Waals surface area (Å²) in [7, 11) is 0. The van der Waals surface area contributed by atoms with Crippen molar-refractivity contribution in [3.8, 4) is 0 Å². The largest absolute Gasteiger partial charge is 1.00 e. The van der Waals surface area contributed by atoms with Crippen LogP contribution in [0.2, 0.25) is 0 Å². The molecule has 1 saturated carbocycles. The standard InChI is InChI=1S/C6H12O.C5H10O2.C5H12O2.C5H10O2.C5H8O.2H2O.H2/c7-6-4-2-1-3-5-6;6-4-5-2-1-3-7-5;2*6-4-2-1-3-5-7;1-2-4-6-5-3-1;;;/h6-7H,1-5H2;5-6H,1-4H2;6-7H,1-5H2;4,7H,1-3,5H2;2,4H,1,3,5H2;2*1H2;1H/p+1. The molecule has 0 aromatic rings. The van der Waals surface area contributed by atoms with Crippen LogP contribution in [0.5, 0.6) is 0 Å². The number of carbonyl (C=O) groups excluding carboxylic acids is 1. The first kappa shape index (κ1) is 42.0. The van der Waals surface area contributed by atoms with Gasteiger partial charge in [0.15, 0.2) is 0 Å². The number of rotatable bonds is 9. The first-order chi connectivity index (χ1) is 16.7. The molecule has 1 unspecified atom stereocenters. The van der Waals surface area contributed by atoms with Gasteiger partial charge in [-0.15, -0.1) is 0 Å². The summed E-state index contributed by atoms with van der Waals surface area (Å²) in [5, 5.41) is 41.9. The molecule has 0 amide bonds. The third kappa shape index (κ3) is 37.4. The number of hydrogen-bond acceptors (Lipinski definition) is 8. The Balaban J connectivity index is -0.0000000821. The fourth-order valence-electron chi connectivity index (χ4n) is 3.10. The Bertz CT molecular complexity index is 397. The summed E-state index contributed by atoms with van der Waals surface area (Å²) in [6.07, 6.45) is 20.0. The maximum Gasteiger partial charge on any atom is 1.00 e. The highest BCUT2D eigenvalue weighted by molar-refractivity contribution is 5.48. The highest BCUT2D eigenvalue weighted by atomic mass is 16.5. The van der Waals surface area contributed by atoms with Crippen LogP contribution in [0.25, 0.3) is 0 Å². The molecule has 2 heterocycles. The van der Waals surface area contributed by atoms with Crippen molar-refractivity contribution in [2.24, 2.45) is 0 Å². The summed E-state index contributed by atoms with van der Waals surface area (Å²) in [5.74, 6) is 0. The van der Waals surface area contributed by atoms with Gasteiger partial charge in [0, 0.05) is 34.3 Å². The van der Waals surface area contributed by atoms with Gasteiger partial charge in [0.1, 0.15) is 6.29 Å². The predicted molar refractivity (Wildman–Crippen MR) is 145 cm³/mol. The zero-order chi connectivity index (χ0) is 25.5. The average Bonchev–Trinajstić information content (AvgIpc) is 3.42. The first-order valence-corrected chi connectivity index (χ1v) is 13.1. The molecule has 1 saturated heterocycles. The highest BCUT2D eigenvalue weighted by Crippen LogP contribution is 2.16. The summed E-state index contributed by atoms with van der Waals surface area (Å²) in [6.45, 7) is 2.65. The molecule has 0 aromatic heterocycles. The predicted octanol–water partition coefficient (Wildman–Crippen LogP) is 1.98. The van der Waals surface area contributed by atoms with E-state index in [9.17, 15) is 4.79 Å². The van der Waals surface area contributed by atoms with Gasteiger partial charge in [-0.2, -0.15) is 0 Å². The smallest absolute Gasteiger partial charge is 0.502 e. The third-order valence-electron chi connectivity index (χ3n) is 5.17. The molecule has 0 radical (unpaired) electrons. The molecule has 222 valence electrons. The van der Waals surface area contributed by atoms with Gasteiger partial charge in [-0.3, -0.25) is 0 Å². The van der Waals surface area contributed by atoms with Gasteiger partial charge in [0.2, 0.25) is 0 Å². The number of carbonyl (C=O) groups is 1. The lowest BCUT2D eigenvalue weighted by atomic mass is 9.98. The lowest BCUT2D eigenvalue weighted by Gasteiger charge is -2.14. The molecular formula is C26H59O10+. The van der Waals surface area contributed by atoms with Gasteiger partial charge in [-0.1, -0.05) is 19.3 Å². The fraction of sp³-hybridized carbons (Fsp3) is 0.885. The second kappa shape index (κ2) is 38.4. The second-order valence-electron chi connectivity index (χ2n) is 8.39. The Hall–Kier alpha value is -1.11. The second-order valence-corrected chi connectivity index (χ2v) is 8.39. The fourth-order valence-corrected chi connectivity index (χ4v) is 3.10. The molecule has 1 aliphatic carbocycles. The van der Waals surface area contributed by atoms with Gasteiger partial charge in [0.05, 0.1) is 31.7 Å². The van der Waals surface area contributed by atoms with Gasteiger partial charge >= 0.3 is 1.43 Å². The van der Waals surface area contributed by atoms with Crippen LogP contribution in [0.3, 0.4) is 0 Å². The van der Waals surface area contributed by atoms with Crippen molar-refractivity contribution < 1.29 is 53.6 Å². The molecule has 1 atom stereocenters. The van der Waals surface area contributed by atoms with E-state index in [1.54, 1.807) is 6.26 Å². The number of ether oxygens (including phenoxy) is 2. The average molecular weight is 532 g/mol. The van der Waals surface area contributed by atoms with E-state index in [1.807, 2.05) is 6.08 Å². The third-order valence-corrected chi connectivity index (χ3v) is 5.17. The van der Waals surface area contributed by atoms with Crippen LogP contribution >= 0.6 is 0 Å². The lowest BCUT2D eigenvalue weighted by Crippen LogP contribution is -2.09. The van der Waals surface area contributed by atoms with Gasteiger partial charge < -0.3 is 50.8 Å². The summed E-state index contributed by atoms with van der Waals surface area (Å²) in [5.41, 5.74) is 0. The van der Waals surface area contributed by atoms with E-state index in [2.05, 4.69) is 0 Å². The van der Waals surface area contributed by atoms with Crippen molar-refractivity contribution >= 4 is 6.29 Å². The zero-order valence-electron chi connectivity index (χ0n) is 23.2. The molecule has 9 N–H and O–H groups in total. The van der Waals surface area contributed by atoms with Crippen molar-refractivity contribution in [3.63, 3.8) is 0 Å². The van der Waals surface area contributed by atoms with Crippen LogP contribution in [-0.2, 0) is 14.3 Å². The van der Waals surface area contributed by atoms with Crippen LogP contribution < -0.4 is 0 Å². The molecule has 36 heavy (non-hydrogen) atoms. The molecular weight excluding hydrogens is 472 g/mol. The molecule has 10 nitrogen and oxygen atoms in total. The van der Waals surface area contributed by atoms with Gasteiger partial charge in [0.25, 0.3) is 0 Å². The van der Waals surface area contributed by atoms with Crippen LogP contribution in [0, 0.1) is 0 Å². The Kier molecular flexibility index (Phi) is 44.8. The van der Waals surface area contributed by atoms with E-state index in [1.165, 1.54) is 32.1 Å². The van der Waals surface area contributed by atoms with E-state index in [0.29, 0.717) is 6.42 Å². The Labute approximate surface area is 220 Å². The number of aldehydes is 1. The normalized spacial score (nSPS) is 17.9. The molecule has 10 heteroatoms. The van der Waals surface area contributed by atoms with E-state index >= 15 is 0 Å². The number of hydrogen-bond donors (Lipinski definition) is 5. The topological polar surface area (TPSA) is 200 Å². The Morgan fingerprint density at radius 1 is 0.806 bits per heavy atom. The van der Waals surface area contributed by atoms with E-state index in [4.69, 9.17) is 35.0 Å². The molecule has 3 aliphatic rings.